The number of halogens is 3. The molecule has 3 N–H and O–H groups in total. The smallest absolute Gasteiger partial charge is 0.165 e. The molecule has 1 saturated heterocycles. The zero-order valence-corrected chi connectivity index (χ0v) is 27.5. The highest BCUT2D eigenvalue weighted by molar-refractivity contribution is 6.36. The molecule has 0 unspecified atom stereocenters. The van der Waals surface area contributed by atoms with Crippen LogP contribution in [-0.4, -0.2) is 37.5 Å². The van der Waals surface area contributed by atoms with Crippen molar-refractivity contribution in [1.82, 2.24) is 30.3 Å². The second-order valence-corrected chi connectivity index (χ2v) is 13.5. The molecule has 236 valence electrons. The van der Waals surface area contributed by atoms with Gasteiger partial charge in [-0.05, 0) is 62.1 Å². The van der Waals surface area contributed by atoms with Crippen LogP contribution in [0, 0.1) is 29.5 Å². The number of hydrogen-bond acceptors (Lipinski definition) is 8. The summed E-state index contributed by atoms with van der Waals surface area (Å²) in [6, 6.07) is 14.4. The van der Waals surface area contributed by atoms with E-state index in [9.17, 15) is 9.65 Å². The summed E-state index contributed by atoms with van der Waals surface area (Å²) in [4.78, 5) is 8.98. The highest BCUT2D eigenvalue weighted by Crippen LogP contribution is 2.38. The lowest BCUT2D eigenvalue weighted by molar-refractivity contribution is 0.179. The lowest BCUT2D eigenvalue weighted by Crippen LogP contribution is -2.46. The number of aromatic nitrogens is 5. The Morgan fingerprint density at radius 3 is 2.72 bits per heavy atom. The van der Waals surface area contributed by atoms with Gasteiger partial charge in [0, 0.05) is 40.8 Å². The number of nitrogens with one attached hydrogen (secondary N) is 3. The normalized spacial score (nSPS) is 17.4. The predicted octanol–water partition coefficient (Wildman–Crippen LogP) is 8.13. The highest BCUT2D eigenvalue weighted by atomic mass is 35.5. The van der Waals surface area contributed by atoms with Gasteiger partial charge in [0.2, 0.25) is 0 Å². The molecule has 1 fully saturated rings. The van der Waals surface area contributed by atoms with Crippen LogP contribution in [0.25, 0.3) is 10.9 Å². The van der Waals surface area contributed by atoms with Crippen LogP contribution in [0.5, 0.6) is 0 Å². The first kappa shape index (κ1) is 31.7. The van der Waals surface area contributed by atoms with Gasteiger partial charge < -0.3 is 16.0 Å². The molecule has 3 aromatic heterocycles. The Labute approximate surface area is 277 Å². The summed E-state index contributed by atoms with van der Waals surface area (Å²) in [5.41, 5.74) is 4.41. The van der Waals surface area contributed by atoms with Gasteiger partial charge in [0.25, 0.3) is 0 Å². The van der Waals surface area contributed by atoms with E-state index in [1.54, 1.807) is 24.4 Å². The molecule has 0 spiro atoms. The lowest BCUT2D eigenvalue weighted by Gasteiger charge is -2.38. The summed E-state index contributed by atoms with van der Waals surface area (Å²) in [6.45, 7) is 9.62. The Balaban J connectivity index is 1.40. The van der Waals surface area contributed by atoms with Gasteiger partial charge in [0.1, 0.15) is 11.8 Å². The van der Waals surface area contributed by atoms with Crippen molar-refractivity contribution in [2.45, 2.75) is 58.7 Å². The van der Waals surface area contributed by atoms with E-state index in [1.807, 2.05) is 36.0 Å². The second kappa shape index (κ2) is 12.8. The molecule has 12 heteroatoms. The van der Waals surface area contributed by atoms with E-state index in [0.717, 1.165) is 36.3 Å². The third kappa shape index (κ3) is 6.36. The quantitative estimate of drug-likeness (QED) is 0.161. The maximum absolute atomic E-state index is 14.9. The molecule has 0 aliphatic carbocycles. The van der Waals surface area contributed by atoms with E-state index < -0.39 is 11.9 Å². The van der Waals surface area contributed by atoms with Gasteiger partial charge in [0.05, 0.1) is 50.8 Å². The maximum Gasteiger partial charge on any atom is 0.165 e. The number of benzene rings is 2. The van der Waals surface area contributed by atoms with Crippen molar-refractivity contribution >= 4 is 51.2 Å². The molecule has 0 saturated carbocycles. The van der Waals surface area contributed by atoms with Crippen molar-refractivity contribution in [2.75, 3.05) is 17.2 Å². The SMILES string of the molecule is Cc1ncccc1[C@H](Nc1cc(Cl)c2ncc(C#N)c(Nc3cccc(Cl)c3F)c2c1)c1cn([C@H]2CCN[C@H](C(C)(C)C)C2)nn1. The van der Waals surface area contributed by atoms with Gasteiger partial charge in [-0.3, -0.25) is 9.97 Å². The van der Waals surface area contributed by atoms with Crippen molar-refractivity contribution < 1.29 is 4.39 Å². The van der Waals surface area contributed by atoms with Crippen LogP contribution in [-0.2, 0) is 0 Å². The van der Waals surface area contributed by atoms with Crippen LogP contribution in [0.15, 0.2) is 61.1 Å². The Morgan fingerprint density at radius 2 is 1.96 bits per heavy atom. The molecule has 6 rings (SSSR count). The van der Waals surface area contributed by atoms with Gasteiger partial charge >= 0.3 is 0 Å². The fourth-order valence-electron chi connectivity index (χ4n) is 5.98. The number of aryl methyl sites for hydroxylation is 1. The van der Waals surface area contributed by atoms with Crippen LogP contribution >= 0.6 is 23.2 Å². The number of nitrogens with zero attached hydrogens (tertiary/aromatic N) is 6. The molecule has 2 aromatic carbocycles. The molecule has 1 aliphatic rings. The van der Waals surface area contributed by atoms with Gasteiger partial charge in [-0.15, -0.1) is 5.10 Å². The molecule has 5 aromatic rings. The average molecular weight is 659 g/mol. The molecule has 46 heavy (non-hydrogen) atoms. The summed E-state index contributed by atoms with van der Waals surface area (Å²) < 4.78 is 16.9. The first-order valence-electron chi connectivity index (χ1n) is 15.1. The summed E-state index contributed by atoms with van der Waals surface area (Å²) >= 11 is 12.8. The van der Waals surface area contributed by atoms with Gasteiger partial charge in [-0.1, -0.05) is 61.3 Å². The van der Waals surface area contributed by atoms with Gasteiger partial charge in [-0.25, -0.2) is 9.07 Å². The van der Waals surface area contributed by atoms with E-state index in [-0.39, 0.29) is 27.7 Å². The molecule has 4 heterocycles. The van der Waals surface area contributed by atoms with Crippen LogP contribution in [0.2, 0.25) is 10.0 Å². The predicted molar refractivity (Wildman–Crippen MR) is 180 cm³/mol. The average Bonchev–Trinajstić information content (AvgIpc) is 3.53. The molecule has 9 nitrogen and oxygen atoms in total. The third-order valence-electron chi connectivity index (χ3n) is 8.55. The summed E-state index contributed by atoms with van der Waals surface area (Å²) in [6.07, 6.45) is 7.08. The summed E-state index contributed by atoms with van der Waals surface area (Å²) in [7, 11) is 0. The van der Waals surface area contributed by atoms with Crippen LogP contribution in [0.3, 0.4) is 0 Å². The number of nitriles is 1. The highest BCUT2D eigenvalue weighted by Gasteiger charge is 2.32. The minimum atomic E-state index is -0.629. The summed E-state index contributed by atoms with van der Waals surface area (Å²) in [5, 5.41) is 30.3. The fourth-order valence-corrected chi connectivity index (χ4v) is 6.42. The van der Waals surface area contributed by atoms with E-state index >= 15 is 0 Å². The second-order valence-electron chi connectivity index (χ2n) is 12.7. The molecular formula is C34H34Cl2FN9. The standard InChI is InChI=1S/C34H34Cl2FN9/c1-19-23(7-6-11-39-19)33(28-18-46(45-44-28)22-10-12-40-29(15-22)34(2,3)4)42-21-13-24-31(43-27-9-5-8-25(35)30(27)37)20(16-38)17-41-32(24)26(36)14-21/h5-9,11,13-14,17-18,22,29,33,40,42H,10,12,15H2,1-4H3,(H,41,43)/t22-,29-,33-/m0/s1. The molecule has 0 radical (unpaired) electrons. The minimum Gasteiger partial charge on any atom is -0.373 e. The summed E-state index contributed by atoms with van der Waals surface area (Å²) in [5.74, 6) is -0.629. The van der Waals surface area contributed by atoms with Crippen LogP contribution in [0.1, 0.15) is 68.2 Å². The van der Waals surface area contributed by atoms with E-state index in [1.165, 1.54) is 12.3 Å². The van der Waals surface area contributed by atoms with Crippen molar-refractivity contribution in [3.63, 3.8) is 0 Å². The molecule has 0 bridgehead atoms. The number of fused-ring (bicyclic) bond motifs is 1. The van der Waals surface area contributed by atoms with Crippen LogP contribution in [0.4, 0.5) is 21.5 Å². The lowest BCUT2D eigenvalue weighted by atomic mass is 9.80. The van der Waals surface area contributed by atoms with Crippen molar-refractivity contribution in [1.29, 1.82) is 5.26 Å². The number of pyridine rings is 2. The number of anilines is 3. The topological polar surface area (TPSA) is 116 Å². The molecule has 1 aliphatic heterocycles. The van der Waals surface area contributed by atoms with Crippen LogP contribution < -0.4 is 16.0 Å². The zero-order chi connectivity index (χ0) is 32.6. The number of piperidine rings is 1. The Morgan fingerprint density at radius 1 is 1.13 bits per heavy atom. The number of hydrogen-bond donors (Lipinski definition) is 3. The van der Waals surface area contributed by atoms with E-state index in [2.05, 4.69) is 63.1 Å². The van der Waals surface area contributed by atoms with E-state index in [4.69, 9.17) is 23.2 Å². The maximum atomic E-state index is 14.9. The fraction of sp³-hybridized carbons (Fsp3) is 0.324. The largest absolute Gasteiger partial charge is 0.373 e. The first-order chi connectivity index (χ1) is 22.0. The number of rotatable bonds is 7. The Hall–Kier alpha value is -4.30. The third-order valence-corrected chi connectivity index (χ3v) is 9.13. The molecular weight excluding hydrogens is 624 g/mol. The zero-order valence-electron chi connectivity index (χ0n) is 25.9. The van der Waals surface area contributed by atoms with Crippen molar-refractivity contribution in [2.24, 2.45) is 5.41 Å². The monoisotopic (exact) mass is 657 g/mol. The minimum absolute atomic E-state index is 0.0385. The van der Waals surface area contributed by atoms with Crippen molar-refractivity contribution in [3.8, 4) is 6.07 Å². The van der Waals surface area contributed by atoms with E-state index in [0.29, 0.717) is 33.3 Å². The molecule has 0 amide bonds. The molecule has 3 atom stereocenters. The Kier molecular flexibility index (Phi) is 8.84. The first-order valence-corrected chi connectivity index (χ1v) is 15.9. The van der Waals surface area contributed by atoms with Gasteiger partial charge in [-0.2, -0.15) is 5.26 Å². The van der Waals surface area contributed by atoms with Gasteiger partial charge in [0.15, 0.2) is 5.82 Å². The van der Waals surface area contributed by atoms with Crippen molar-refractivity contribution in [3.05, 3.63) is 99.4 Å². The Bertz CT molecular complexity index is 1950.